The monoisotopic (exact) mass is 536 g/mol. The van der Waals surface area contributed by atoms with Crippen LogP contribution in [0, 0.1) is 0 Å². The van der Waals surface area contributed by atoms with Crippen LogP contribution in [0.2, 0.25) is 0 Å². The van der Waals surface area contributed by atoms with Crippen LogP contribution >= 0.6 is 0 Å². The number of ether oxygens (including phenoxy) is 2. The zero-order valence-corrected chi connectivity index (χ0v) is 22.4. The number of amides is 1. The number of anilines is 1. The molecular weight excluding hydrogens is 504 g/mol. The fourth-order valence-corrected chi connectivity index (χ4v) is 6.27. The first kappa shape index (κ1) is 26.0. The van der Waals surface area contributed by atoms with Gasteiger partial charge in [0.25, 0.3) is 5.91 Å². The molecule has 3 aromatic rings. The number of aromatic nitrogens is 1. The van der Waals surface area contributed by atoms with Gasteiger partial charge in [-0.3, -0.25) is 9.78 Å². The van der Waals surface area contributed by atoms with Gasteiger partial charge in [-0.25, -0.2) is 8.42 Å². The zero-order valence-electron chi connectivity index (χ0n) is 21.6. The lowest BCUT2D eigenvalue weighted by atomic mass is 10.1. The summed E-state index contributed by atoms with van der Waals surface area (Å²) in [5.74, 6) is 1.11. The Hall–Kier alpha value is -3.63. The van der Waals surface area contributed by atoms with Crippen molar-refractivity contribution in [1.29, 1.82) is 0 Å². The molecule has 0 unspecified atom stereocenters. The van der Waals surface area contributed by atoms with Crippen molar-refractivity contribution in [3.05, 3.63) is 77.6 Å². The second-order valence-corrected chi connectivity index (χ2v) is 11.5. The van der Waals surface area contributed by atoms with Gasteiger partial charge in [-0.2, -0.15) is 4.31 Å². The highest BCUT2D eigenvalue weighted by Gasteiger charge is 2.29. The number of hydrogen-bond acceptors (Lipinski definition) is 7. The van der Waals surface area contributed by atoms with Crippen molar-refractivity contribution in [2.75, 3.05) is 38.7 Å². The van der Waals surface area contributed by atoms with Crippen molar-refractivity contribution in [2.24, 2.45) is 0 Å². The van der Waals surface area contributed by atoms with E-state index in [4.69, 9.17) is 9.47 Å². The Kier molecular flexibility index (Phi) is 7.53. The minimum Gasteiger partial charge on any atom is -0.486 e. The van der Waals surface area contributed by atoms with Gasteiger partial charge in [0.1, 0.15) is 13.2 Å². The van der Waals surface area contributed by atoms with Crippen LogP contribution in [0.5, 0.6) is 11.5 Å². The summed E-state index contributed by atoms with van der Waals surface area (Å²) >= 11 is 0. The summed E-state index contributed by atoms with van der Waals surface area (Å²) in [6, 6.07) is 14.0. The number of rotatable bonds is 8. The van der Waals surface area contributed by atoms with E-state index in [2.05, 4.69) is 10.3 Å². The van der Waals surface area contributed by atoms with Gasteiger partial charge in [-0.1, -0.05) is 12.1 Å². The Bertz CT molecular complexity index is 1410. The topological polar surface area (TPSA) is 101 Å². The summed E-state index contributed by atoms with van der Waals surface area (Å²) in [4.78, 5) is 19.5. The Morgan fingerprint density at radius 2 is 1.84 bits per heavy atom. The van der Waals surface area contributed by atoms with Crippen LogP contribution < -0.4 is 14.8 Å². The number of nitrogens with one attached hydrogen (secondary N) is 1. The maximum Gasteiger partial charge on any atom is 0.254 e. The van der Waals surface area contributed by atoms with E-state index >= 15 is 0 Å². The number of carbonyl (C=O) groups is 1. The fourth-order valence-electron chi connectivity index (χ4n) is 4.68. The second kappa shape index (κ2) is 11.0. The standard InChI is InChI=1S/C28H32N4O5S/c1-20(22-6-5-9-29-19-22)31(2)28(33)23-15-24(17-25(16-23)38(34,35)32-10-3-4-11-32)30-18-21-7-8-26-27(14-21)37-13-12-36-26/h5-9,14-17,19-20,30H,3-4,10-13,18H2,1-2H3/t20-/m0/s1. The first-order valence-corrected chi connectivity index (χ1v) is 14.2. The number of hydrogen-bond donors (Lipinski definition) is 1. The first-order chi connectivity index (χ1) is 18.3. The Morgan fingerprint density at radius 3 is 2.58 bits per heavy atom. The van der Waals surface area contributed by atoms with E-state index in [1.54, 1.807) is 36.5 Å². The number of benzene rings is 2. The largest absolute Gasteiger partial charge is 0.486 e. The van der Waals surface area contributed by atoms with E-state index < -0.39 is 10.0 Å². The Labute approximate surface area is 223 Å². The molecule has 1 atom stereocenters. The molecule has 1 aromatic heterocycles. The van der Waals surface area contributed by atoms with Crippen LogP contribution in [0.15, 0.2) is 65.8 Å². The summed E-state index contributed by atoms with van der Waals surface area (Å²) in [6.07, 6.45) is 5.07. The summed E-state index contributed by atoms with van der Waals surface area (Å²) in [6.45, 7) is 4.32. The van der Waals surface area contributed by atoms with Crippen LogP contribution in [0.25, 0.3) is 0 Å². The third-order valence-corrected chi connectivity index (χ3v) is 8.90. The molecule has 0 saturated carbocycles. The minimum absolute atomic E-state index is 0.109. The number of nitrogens with zero attached hydrogens (tertiary/aromatic N) is 3. The second-order valence-electron chi connectivity index (χ2n) is 9.57. The average Bonchev–Trinajstić information content (AvgIpc) is 3.51. The Morgan fingerprint density at radius 1 is 1.08 bits per heavy atom. The van der Waals surface area contributed by atoms with Gasteiger partial charge < -0.3 is 19.7 Å². The molecule has 9 nitrogen and oxygen atoms in total. The predicted octanol–water partition coefficient (Wildman–Crippen LogP) is 4.08. The highest BCUT2D eigenvalue weighted by molar-refractivity contribution is 7.89. The molecule has 1 saturated heterocycles. The van der Waals surface area contributed by atoms with Crippen molar-refractivity contribution in [3.63, 3.8) is 0 Å². The minimum atomic E-state index is -3.73. The summed E-state index contributed by atoms with van der Waals surface area (Å²) in [7, 11) is -2.02. The van der Waals surface area contributed by atoms with Gasteiger partial charge in [-0.15, -0.1) is 0 Å². The normalized spacial score (nSPS) is 16.2. The summed E-state index contributed by atoms with van der Waals surface area (Å²) < 4.78 is 39.7. The molecule has 1 N–H and O–H groups in total. The first-order valence-electron chi connectivity index (χ1n) is 12.8. The number of sulfonamides is 1. The molecule has 2 aromatic carbocycles. The van der Waals surface area contributed by atoms with Gasteiger partial charge in [0.05, 0.1) is 10.9 Å². The maximum atomic E-state index is 13.6. The Balaban J connectivity index is 1.44. The van der Waals surface area contributed by atoms with E-state index in [-0.39, 0.29) is 16.8 Å². The molecule has 2 aliphatic heterocycles. The van der Waals surface area contributed by atoms with Crippen LogP contribution in [-0.2, 0) is 16.6 Å². The molecule has 1 amide bonds. The molecule has 200 valence electrons. The lowest BCUT2D eigenvalue weighted by Gasteiger charge is -2.26. The highest BCUT2D eigenvalue weighted by Crippen LogP contribution is 2.32. The summed E-state index contributed by atoms with van der Waals surface area (Å²) in [5, 5.41) is 3.31. The average molecular weight is 537 g/mol. The van der Waals surface area contributed by atoms with Gasteiger partial charge in [0.2, 0.25) is 10.0 Å². The number of pyridine rings is 1. The zero-order chi connectivity index (χ0) is 26.7. The van der Waals surface area contributed by atoms with Crippen molar-refractivity contribution in [2.45, 2.75) is 37.2 Å². The van der Waals surface area contributed by atoms with Crippen molar-refractivity contribution < 1.29 is 22.7 Å². The van der Waals surface area contributed by atoms with Gasteiger partial charge in [-0.05, 0) is 67.3 Å². The SMILES string of the molecule is C[C@@H](c1cccnc1)N(C)C(=O)c1cc(NCc2ccc3c(c2)OCCO3)cc(S(=O)(=O)N2CCCC2)c1. The van der Waals surface area contributed by atoms with E-state index in [0.717, 1.165) is 24.0 Å². The molecular formula is C28H32N4O5S. The quantitative estimate of drug-likeness (QED) is 0.463. The van der Waals surface area contributed by atoms with E-state index in [0.29, 0.717) is 55.6 Å². The van der Waals surface area contributed by atoms with Crippen LogP contribution in [0.1, 0.15) is 47.3 Å². The van der Waals surface area contributed by atoms with Gasteiger partial charge in [0.15, 0.2) is 11.5 Å². The van der Waals surface area contributed by atoms with Gasteiger partial charge in [0, 0.05) is 50.3 Å². The number of carbonyl (C=O) groups excluding carboxylic acids is 1. The molecule has 0 radical (unpaired) electrons. The maximum absolute atomic E-state index is 13.6. The smallest absolute Gasteiger partial charge is 0.254 e. The summed E-state index contributed by atoms with van der Waals surface area (Å²) in [5.41, 5.74) is 2.68. The lowest BCUT2D eigenvalue weighted by Crippen LogP contribution is -2.31. The van der Waals surface area contributed by atoms with E-state index in [1.807, 2.05) is 37.3 Å². The molecule has 5 rings (SSSR count). The van der Waals surface area contributed by atoms with Crippen LogP contribution in [0.4, 0.5) is 5.69 Å². The van der Waals surface area contributed by atoms with Crippen LogP contribution in [-0.4, -0.2) is 61.9 Å². The fraction of sp³-hybridized carbons (Fsp3) is 0.357. The lowest BCUT2D eigenvalue weighted by molar-refractivity contribution is 0.0742. The molecule has 0 aliphatic carbocycles. The molecule has 2 aliphatic rings. The molecule has 3 heterocycles. The molecule has 38 heavy (non-hydrogen) atoms. The molecule has 0 bridgehead atoms. The van der Waals surface area contributed by atoms with Crippen molar-refractivity contribution >= 4 is 21.6 Å². The van der Waals surface area contributed by atoms with E-state index in [9.17, 15) is 13.2 Å². The van der Waals surface area contributed by atoms with Crippen molar-refractivity contribution in [3.8, 4) is 11.5 Å². The highest BCUT2D eigenvalue weighted by atomic mass is 32.2. The van der Waals surface area contributed by atoms with Crippen molar-refractivity contribution in [1.82, 2.24) is 14.2 Å². The molecule has 0 spiro atoms. The van der Waals surface area contributed by atoms with E-state index in [1.165, 1.54) is 10.4 Å². The van der Waals surface area contributed by atoms with Crippen LogP contribution in [0.3, 0.4) is 0 Å². The number of fused-ring (bicyclic) bond motifs is 1. The molecule has 10 heteroatoms. The third-order valence-electron chi connectivity index (χ3n) is 7.03. The third kappa shape index (κ3) is 5.46. The predicted molar refractivity (Wildman–Crippen MR) is 144 cm³/mol. The van der Waals surface area contributed by atoms with Gasteiger partial charge >= 0.3 is 0 Å². The molecule has 1 fully saturated rings.